The fourth-order valence-electron chi connectivity index (χ4n) is 2.57. The van der Waals surface area contributed by atoms with E-state index < -0.39 is 0 Å². The standard InChI is InChI=1S/C17H18ClN3O2/c1-9-5-10(2)15(11(3)6-9)17(23)21-13-7-14(18)20-8-12(13)16(22)19-4/h5-8H,1-4H3,(H,19,22)(H,20,21,23). The van der Waals surface area contributed by atoms with Crippen LogP contribution in [0.2, 0.25) is 5.15 Å². The summed E-state index contributed by atoms with van der Waals surface area (Å²) in [6, 6.07) is 5.35. The second-order valence-corrected chi connectivity index (χ2v) is 5.75. The van der Waals surface area contributed by atoms with Crippen molar-refractivity contribution >= 4 is 29.1 Å². The number of rotatable bonds is 3. The van der Waals surface area contributed by atoms with E-state index in [0.717, 1.165) is 16.7 Å². The van der Waals surface area contributed by atoms with E-state index in [9.17, 15) is 9.59 Å². The number of carbonyl (C=O) groups excluding carboxylic acids is 2. The molecule has 1 heterocycles. The number of benzene rings is 1. The third-order valence-electron chi connectivity index (χ3n) is 3.49. The van der Waals surface area contributed by atoms with E-state index in [1.54, 1.807) is 0 Å². The van der Waals surface area contributed by atoms with Crippen LogP contribution in [0.5, 0.6) is 0 Å². The Morgan fingerprint density at radius 1 is 1.04 bits per heavy atom. The fourth-order valence-corrected chi connectivity index (χ4v) is 2.73. The van der Waals surface area contributed by atoms with E-state index >= 15 is 0 Å². The number of carbonyl (C=O) groups is 2. The highest BCUT2D eigenvalue weighted by Gasteiger charge is 2.17. The number of aromatic nitrogens is 1. The number of hydrogen-bond acceptors (Lipinski definition) is 3. The van der Waals surface area contributed by atoms with Gasteiger partial charge in [0, 0.05) is 18.8 Å². The van der Waals surface area contributed by atoms with Crippen molar-refractivity contribution in [2.24, 2.45) is 0 Å². The zero-order valence-electron chi connectivity index (χ0n) is 13.5. The van der Waals surface area contributed by atoms with Gasteiger partial charge in [-0.15, -0.1) is 0 Å². The minimum Gasteiger partial charge on any atom is -0.355 e. The van der Waals surface area contributed by atoms with Gasteiger partial charge in [0.2, 0.25) is 0 Å². The summed E-state index contributed by atoms with van der Waals surface area (Å²) >= 11 is 5.88. The predicted octanol–water partition coefficient (Wildman–Crippen LogP) is 3.27. The molecule has 0 radical (unpaired) electrons. The molecular weight excluding hydrogens is 314 g/mol. The van der Waals surface area contributed by atoms with Crippen LogP contribution in [0.15, 0.2) is 24.4 Å². The molecule has 0 atom stereocenters. The molecule has 2 rings (SSSR count). The molecule has 2 amide bonds. The van der Waals surface area contributed by atoms with Crippen molar-refractivity contribution in [1.29, 1.82) is 0 Å². The first-order chi connectivity index (χ1) is 10.8. The van der Waals surface area contributed by atoms with E-state index in [2.05, 4.69) is 15.6 Å². The smallest absolute Gasteiger partial charge is 0.256 e. The molecule has 5 nitrogen and oxygen atoms in total. The molecule has 0 aliphatic rings. The summed E-state index contributed by atoms with van der Waals surface area (Å²) in [6.07, 6.45) is 1.34. The summed E-state index contributed by atoms with van der Waals surface area (Å²) in [5.74, 6) is -0.630. The summed E-state index contributed by atoms with van der Waals surface area (Å²) in [4.78, 5) is 28.4. The maximum atomic E-state index is 12.6. The van der Waals surface area contributed by atoms with Crippen LogP contribution in [0.25, 0.3) is 0 Å². The number of anilines is 1. The van der Waals surface area contributed by atoms with Gasteiger partial charge in [-0.3, -0.25) is 9.59 Å². The Hall–Kier alpha value is -2.40. The molecule has 6 heteroatoms. The van der Waals surface area contributed by atoms with Crippen molar-refractivity contribution in [2.45, 2.75) is 20.8 Å². The Morgan fingerprint density at radius 2 is 1.65 bits per heavy atom. The molecule has 0 aliphatic carbocycles. The summed E-state index contributed by atoms with van der Waals surface area (Å²) < 4.78 is 0. The first-order valence-corrected chi connectivity index (χ1v) is 7.48. The van der Waals surface area contributed by atoms with Crippen LogP contribution in [0, 0.1) is 20.8 Å². The highest BCUT2D eigenvalue weighted by atomic mass is 35.5. The lowest BCUT2D eigenvalue weighted by Crippen LogP contribution is -2.22. The molecular formula is C17H18ClN3O2. The molecule has 0 spiro atoms. The Balaban J connectivity index is 2.42. The number of aryl methyl sites for hydroxylation is 3. The number of halogens is 1. The number of hydrogen-bond donors (Lipinski definition) is 2. The molecule has 0 aliphatic heterocycles. The van der Waals surface area contributed by atoms with Gasteiger partial charge in [0.05, 0.1) is 11.3 Å². The minimum absolute atomic E-state index is 0.199. The van der Waals surface area contributed by atoms with E-state index in [-0.39, 0.29) is 22.5 Å². The summed E-state index contributed by atoms with van der Waals surface area (Å²) in [6.45, 7) is 5.75. The maximum absolute atomic E-state index is 12.6. The quantitative estimate of drug-likeness (QED) is 0.848. The van der Waals surface area contributed by atoms with Crippen molar-refractivity contribution in [3.05, 3.63) is 57.4 Å². The molecule has 1 aromatic carbocycles. The van der Waals surface area contributed by atoms with Gasteiger partial charge in [0.15, 0.2) is 0 Å². The van der Waals surface area contributed by atoms with E-state index in [0.29, 0.717) is 11.3 Å². The Morgan fingerprint density at radius 3 is 2.22 bits per heavy atom. The van der Waals surface area contributed by atoms with Crippen molar-refractivity contribution in [2.75, 3.05) is 12.4 Å². The highest BCUT2D eigenvalue weighted by Crippen LogP contribution is 2.22. The van der Waals surface area contributed by atoms with Crippen molar-refractivity contribution in [3.63, 3.8) is 0 Å². The average Bonchev–Trinajstić information content (AvgIpc) is 2.45. The van der Waals surface area contributed by atoms with Crippen LogP contribution < -0.4 is 10.6 Å². The van der Waals surface area contributed by atoms with Crippen molar-refractivity contribution in [1.82, 2.24) is 10.3 Å². The molecule has 120 valence electrons. The lowest BCUT2D eigenvalue weighted by Gasteiger charge is -2.14. The normalized spacial score (nSPS) is 10.3. The van der Waals surface area contributed by atoms with Crippen LogP contribution in [-0.4, -0.2) is 23.8 Å². The topological polar surface area (TPSA) is 71.1 Å². The van der Waals surface area contributed by atoms with Gasteiger partial charge in [-0.1, -0.05) is 29.3 Å². The molecule has 23 heavy (non-hydrogen) atoms. The predicted molar refractivity (Wildman–Crippen MR) is 91.2 cm³/mol. The number of nitrogens with zero attached hydrogens (tertiary/aromatic N) is 1. The molecule has 2 N–H and O–H groups in total. The van der Waals surface area contributed by atoms with Crippen LogP contribution in [0.3, 0.4) is 0 Å². The lowest BCUT2D eigenvalue weighted by molar-refractivity contribution is 0.0963. The molecule has 0 unspecified atom stereocenters. The third-order valence-corrected chi connectivity index (χ3v) is 3.70. The first-order valence-electron chi connectivity index (χ1n) is 7.10. The lowest BCUT2D eigenvalue weighted by atomic mass is 9.99. The maximum Gasteiger partial charge on any atom is 0.256 e. The number of amides is 2. The van der Waals surface area contributed by atoms with Gasteiger partial charge in [-0.05, 0) is 38.0 Å². The van der Waals surface area contributed by atoms with Gasteiger partial charge in [0.1, 0.15) is 5.15 Å². The van der Waals surface area contributed by atoms with Gasteiger partial charge < -0.3 is 10.6 Å². The van der Waals surface area contributed by atoms with E-state index in [1.807, 2.05) is 32.9 Å². The summed E-state index contributed by atoms with van der Waals surface area (Å²) in [7, 11) is 1.51. The van der Waals surface area contributed by atoms with Crippen LogP contribution in [0.4, 0.5) is 5.69 Å². The molecule has 0 saturated heterocycles. The fraction of sp³-hybridized carbons (Fsp3) is 0.235. The van der Waals surface area contributed by atoms with Crippen LogP contribution in [-0.2, 0) is 0 Å². The minimum atomic E-state index is -0.346. The molecule has 0 saturated carbocycles. The van der Waals surface area contributed by atoms with Gasteiger partial charge in [-0.25, -0.2) is 4.98 Å². The van der Waals surface area contributed by atoms with Gasteiger partial charge in [-0.2, -0.15) is 0 Å². The van der Waals surface area contributed by atoms with Crippen LogP contribution >= 0.6 is 11.6 Å². The van der Waals surface area contributed by atoms with Crippen LogP contribution in [0.1, 0.15) is 37.4 Å². The summed E-state index contributed by atoms with van der Waals surface area (Å²) in [5, 5.41) is 5.47. The van der Waals surface area contributed by atoms with E-state index in [1.165, 1.54) is 19.3 Å². The second-order valence-electron chi connectivity index (χ2n) is 5.36. The van der Waals surface area contributed by atoms with Gasteiger partial charge >= 0.3 is 0 Å². The monoisotopic (exact) mass is 331 g/mol. The molecule has 2 aromatic rings. The molecule has 0 fully saturated rings. The second kappa shape index (κ2) is 6.79. The third kappa shape index (κ3) is 3.68. The zero-order chi connectivity index (χ0) is 17.1. The van der Waals surface area contributed by atoms with E-state index in [4.69, 9.17) is 11.6 Å². The molecule has 1 aromatic heterocycles. The highest BCUT2D eigenvalue weighted by molar-refractivity contribution is 6.30. The molecule has 0 bridgehead atoms. The Labute approximate surface area is 140 Å². The Bertz CT molecular complexity index is 764. The van der Waals surface area contributed by atoms with Crippen molar-refractivity contribution in [3.8, 4) is 0 Å². The average molecular weight is 332 g/mol. The van der Waals surface area contributed by atoms with Gasteiger partial charge in [0.25, 0.3) is 11.8 Å². The number of pyridine rings is 1. The zero-order valence-corrected chi connectivity index (χ0v) is 14.2. The SMILES string of the molecule is CNC(=O)c1cnc(Cl)cc1NC(=O)c1c(C)cc(C)cc1C. The van der Waals surface area contributed by atoms with Crippen molar-refractivity contribution < 1.29 is 9.59 Å². The first kappa shape index (κ1) is 17.0. The number of nitrogens with one attached hydrogen (secondary N) is 2. The Kier molecular flexibility index (Phi) is 5.01. The summed E-state index contributed by atoms with van der Waals surface area (Å²) in [5.41, 5.74) is 4.02. The largest absolute Gasteiger partial charge is 0.355 e.